The van der Waals surface area contributed by atoms with Crippen LogP contribution in [0.4, 0.5) is 11.4 Å². The Hall–Kier alpha value is -3.57. The molecule has 3 atom stereocenters. The fraction of sp³-hybridized carbons (Fsp3) is 0.389. The largest absolute Gasteiger partial charge is 0.483 e. The number of fused-ring (bicyclic) bond motifs is 1. The number of thioether (sulfide) groups is 1. The molecule has 0 saturated carbocycles. The molecule has 13 heteroatoms. The first-order valence-electron chi connectivity index (χ1n) is 16.3. The lowest BCUT2D eigenvalue weighted by Gasteiger charge is -2.33. The number of nitrogens with zero attached hydrogens (tertiary/aromatic N) is 1. The summed E-state index contributed by atoms with van der Waals surface area (Å²) in [5.74, 6) is -0.961. The van der Waals surface area contributed by atoms with Crippen LogP contribution in [0.2, 0.25) is 0 Å². The zero-order valence-corrected chi connectivity index (χ0v) is 31.2. The average molecular weight is 727 g/mol. The molecule has 0 spiro atoms. The first-order chi connectivity index (χ1) is 23.5. The molecule has 1 heterocycles. The topological polar surface area (TPSA) is 131 Å². The lowest BCUT2D eigenvalue weighted by Crippen LogP contribution is -2.44. The van der Waals surface area contributed by atoms with E-state index in [1.54, 1.807) is 48.2 Å². The number of ether oxygens (including phenoxy) is 1. The third kappa shape index (κ3) is 9.16. The number of rotatable bonds is 16. The number of hydrogen-bond acceptors (Lipinski definition) is 8. The van der Waals surface area contributed by atoms with E-state index in [-0.39, 0.29) is 23.9 Å². The van der Waals surface area contributed by atoms with Gasteiger partial charge < -0.3 is 19.9 Å². The molecule has 1 aliphatic rings. The highest BCUT2D eigenvalue weighted by Crippen LogP contribution is 2.51. The zero-order chi connectivity index (χ0) is 35.6. The van der Waals surface area contributed by atoms with Gasteiger partial charge in [-0.25, -0.2) is 0 Å². The van der Waals surface area contributed by atoms with Crippen molar-refractivity contribution < 1.29 is 33.0 Å². The molecule has 10 nitrogen and oxygen atoms in total. The number of hydrogen-bond donors (Lipinski definition) is 3. The third-order valence-corrected chi connectivity index (χ3v) is 11.8. The van der Waals surface area contributed by atoms with Gasteiger partial charge in [0.25, 0.3) is 5.91 Å². The van der Waals surface area contributed by atoms with E-state index in [4.69, 9.17) is 9.26 Å². The summed E-state index contributed by atoms with van der Waals surface area (Å²) >= 11 is 1.76. The molecule has 1 aliphatic heterocycles. The molecule has 3 aromatic carbocycles. The summed E-state index contributed by atoms with van der Waals surface area (Å²) < 4.78 is 23.9. The van der Waals surface area contributed by atoms with Crippen molar-refractivity contribution in [2.75, 3.05) is 37.3 Å². The molecule has 0 saturated heterocycles. The molecule has 3 aromatic rings. The van der Waals surface area contributed by atoms with Crippen LogP contribution in [0, 0.1) is 5.41 Å². The lowest BCUT2D eigenvalue weighted by molar-refractivity contribution is -0.136. The van der Waals surface area contributed by atoms with Crippen LogP contribution >= 0.6 is 30.9 Å². The Morgan fingerprint density at radius 1 is 1.02 bits per heavy atom. The van der Waals surface area contributed by atoms with Gasteiger partial charge in [0.15, 0.2) is 11.7 Å². The van der Waals surface area contributed by atoms with E-state index in [1.165, 1.54) is 18.4 Å². The van der Waals surface area contributed by atoms with Crippen LogP contribution < -0.4 is 20.3 Å². The van der Waals surface area contributed by atoms with E-state index in [2.05, 4.69) is 10.6 Å². The third-order valence-electron chi connectivity index (χ3n) is 8.32. The second-order valence-corrected chi connectivity index (χ2v) is 16.3. The van der Waals surface area contributed by atoms with E-state index in [9.17, 15) is 23.7 Å². The number of carbonyl (C=O) groups is 4. The van der Waals surface area contributed by atoms with Crippen LogP contribution in [-0.4, -0.2) is 55.3 Å². The van der Waals surface area contributed by atoms with E-state index in [1.807, 2.05) is 56.5 Å². The Morgan fingerprint density at radius 3 is 2.31 bits per heavy atom. The minimum absolute atomic E-state index is 0.161. The maximum absolute atomic E-state index is 14.4. The number of thiol groups is 1. The van der Waals surface area contributed by atoms with Gasteiger partial charge in [-0.15, -0.1) is 23.5 Å². The number of anilines is 2. The van der Waals surface area contributed by atoms with Crippen LogP contribution in [0.25, 0.3) is 0 Å². The van der Waals surface area contributed by atoms with Gasteiger partial charge in [-0.05, 0) is 55.9 Å². The van der Waals surface area contributed by atoms with Gasteiger partial charge in [0.1, 0.15) is 17.2 Å². The molecule has 1 radical (unpaired) electrons. The lowest BCUT2D eigenvalue weighted by atomic mass is 9.79. The Kier molecular flexibility index (Phi) is 13.6. The monoisotopic (exact) mass is 726 g/mol. The number of carbonyl (C=O) groups excluding carboxylic acids is 4. The highest BCUT2D eigenvalue weighted by Gasteiger charge is 2.49. The van der Waals surface area contributed by atoms with Gasteiger partial charge in [-0.2, -0.15) is 0 Å². The number of nitrogens with one attached hydrogen (secondary N) is 2. The van der Waals surface area contributed by atoms with Gasteiger partial charge in [-0.3, -0.25) is 28.6 Å². The molecule has 0 fully saturated rings. The van der Waals surface area contributed by atoms with Crippen molar-refractivity contribution in [3.05, 3.63) is 78.4 Å². The Balaban J connectivity index is 1.62. The predicted octanol–water partition coefficient (Wildman–Crippen LogP) is 7.28. The van der Waals surface area contributed by atoms with E-state index in [0.717, 1.165) is 12.8 Å². The normalized spacial score (nSPS) is 17.8. The zero-order valence-electron chi connectivity index (χ0n) is 28.6. The fourth-order valence-corrected chi connectivity index (χ4v) is 8.54. The molecule has 49 heavy (non-hydrogen) atoms. The molecule has 0 aromatic heterocycles. The fourth-order valence-electron chi connectivity index (χ4n) is 5.65. The van der Waals surface area contributed by atoms with E-state index in [0.29, 0.717) is 57.1 Å². The van der Waals surface area contributed by atoms with Crippen molar-refractivity contribution in [2.45, 2.75) is 62.3 Å². The van der Waals surface area contributed by atoms with Gasteiger partial charge in [-0.1, -0.05) is 75.2 Å². The van der Waals surface area contributed by atoms with Crippen LogP contribution in [0.5, 0.6) is 5.75 Å². The highest BCUT2D eigenvalue weighted by molar-refractivity contribution is 8.14. The number of unbranched alkanes of at least 4 members (excludes halogenated alkanes) is 1. The Bertz CT molecular complexity index is 1690. The second kappa shape index (κ2) is 17.4. The van der Waals surface area contributed by atoms with Crippen molar-refractivity contribution in [3.8, 4) is 5.75 Å². The van der Waals surface area contributed by atoms with Crippen LogP contribution in [0.15, 0.2) is 82.6 Å². The van der Waals surface area contributed by atoms with Crippen LogP contribution in [0.3, 0.4) is 0 Å². The van der Waals surface area contributed by atoms with Crippen LogP contribution in [0.1, 0.15) is 58.1 Å². The predicted molar refractivity (Wildman–Crippen MR) is 197 cm³/mol. The van der Waals surface area contributed by atoms with Crippen molar-refractivity contribution in [3.63, 3.8) is 0 Å². The smallest absolute Gasteiger partial charge is 0.258 e. The Labute approximate surface area is 296 Å². The molecule has 0 bridgehead atoms. The molecular formula is C36H45N3O7PS2. The summed E-state index contributed by atoms with van der Waals surface area (Å²) in [6.45, 7) is 6.92. The minimum atomic E-state index is -3.06. The second-order valence-electron chi connectivity index (χ2n) is 11.8. The standard InChI is InChI=1S/C36H45N3O7PS2/c1-6-9-20-36(7-2)34(42)39(26-18-14-11-15-19-26)27-21-30(48-5)28(22-29(27)49-35(36)43)45-23-31(40)38-32(25-16-12-10-13-17-25)33(41)37-24-47(4,44)46-8-3/h10-19,21-22,32,49H,6-9,20,23-24H2,1-5H3,(H,37,41)(H,38,40). The molecule has 3 amide bonds. The van der Waals surface area contributed by atoms with E-state index < -0.39 is 37.2 Å². The molecule has 0 aliphatic carbocycles. The maximum Gasteiger partial charge on any atom is 0.258 e. The number of benzene rings is 3. The molecular weight excluding hydrogens is 682 g/mol. The minimum Gasteiger partial charge on any atom is -0.483 e. The average Bonchev–Trinajstić information content (AvgIpc) is 3.18. The maximum atomic E-state index is 14.4. The molecule has 3 unspecified atom stereocenters. The first-order valence-corrected chi connectivity index (χ1v) is 20.7. The summed E-state index contributed by atoms with van der Waals surface area (Å²) in [5, 5.41) is 5.22. The van der Waals surface area contributed by atoms with Crippen LogP contribution in [-0.2, 0) is 28.3 Å². The summed E-state index contributed by atoms with van der Waals surface area (Å²) in [6, 6.07) is 20.6. The number of amides is 3. The van der Waals surface area contributed by atoms with Gasteiger partial charge >= 0.3 is 0 Å². The first kappa shape index (κ1) is 38.2. The molecule has 2 N–H and O–H groups in total. The van der Waals surface area contributed by atoms with Gasteiger partial charge in [0, 0.05) is 17.2 Å². The summed E-state index contributed by atoms with van der Waals surface area (Å²) in [6.07, 6.45) is 4.12. The van der Waals surface area contributed by atoms with E-state index >= 15 is 0 Å². The van der Waals surface area contributed by atoms with Crippen molar-refractivity contribution in [2.24, 2.45) is 5.41 Å². The number of para-hydroxylation sites is 1. The van der Waals surface area contributed by atoms with Crippen molar-refractivity contribution in [1.29, 1.82) is 0 Å². The van der Waals surface area contributed by atoms with Crippen molar-refractivity contribution >= 4 is 65.1 Å². The summed E-state index contributed by atoms with van der Waals surface area (Å²) in [4.78, 5) is 57.9. The summed E-state index contributed by atoms with van der Waals surface area (Å²) in [7, 11) is -3.06. The molecule has 4 rings (SSSR count). The summed E-state index contributed by atoms with van der Waals surface area (Å²) in [5.41, 5.74) is 0.629. The van der Waals surface area contributed by atoms with Gasteiger partial charge in [0.2, 0.25) is 19.2 Å². The van der Waals surface area contributed by atoms with Crippen molar-refractivity contribution in [1.82, 2.24) is 10.6 Å². The molecule has 263 valence electrons. The Morgan fingerprint density at radius 2 is 1.69 bits per heavy atom. The quantitative estimate of drug-likeness (QED) is 0.0608. The highest BCUT2D eigenvalue weighted by atomic mass is 32.2. The van der Waals surface area contributed by atoms with Gasteiger partial charge in [0.05, 0.1) is 23.5 Å². The SMILES string of the molecule is CCCCC1(CC)C(=O)[SH]c2cc(OCC(=O)NC(C(=O)NCP(C)(=O)OCC)c3ccccc3)c(SC)cc2N(c2ccccc2)C1=O.